The zero-order chi connectivity index (χ0) is 13.5. The molecule has 0 aromatic carbocycles. The van der Waals surface area contributed by atoms with Crippen LogP contribution in [0.1, 0.15) is 58.3 Å². The molecule has 3 fully saturated rings. The van der Waals surface area contributed by atoms with Crippen molar-refractivity contribution >= 4 is 0 Å². The summed E-state index contributed by atoms with van der Waals surface area (Å²) < 4.78 is 0. The summed E-state index contributed by atoms with van der Waals surface area (Å²) >= 11 is 0. The number of fused-ring (bicyclic) bond motifs is 3. The van der Waals surface area contributed by atoms with E-state index < -0.39 is 0 Å². The van der Waals surface area contributed by atoms with Crippen LogP contribution in [0.2, 0.25) is 0 Å². The fourth-order valence-electron chi connectivity index (χ4n) is 5.73. The molecule has 3 rings (SSSR count). The summed E-state index contributed by atoms with van der Waals surface area (Å²) in [6, 6.07) is 2.60. The van der Waals surface area contributed by atoms with Crippen LogP contribution in [-0.2, 0) is 0 Å². The SMILES string of the molecule is CC12CCC3CC(CCO)CCC3C1CC[C@@H]2C#N. The van der Waals surface area contributed by atoms with Crippen molar-refractivity contribution in [1.29, 1.82) is 5.26 Å². The Morgan fingerprint density at radius 2 is 2.05 bits per heavy atom. The van der Waals surface area contributed by atoms with Gasteiger partial charge in [-0.15, -0.1) is 0 Å². The van der Waals surface area contributed by atoms with E-state index >= 15 is 0 Å². The van der Waals surface area contributed by atoms with Crippen LogP contribution >= 0.6 is 0 Å². The first-order chi connectivity index (χ1) is 9.19. The average Bonchev–Trinajstić information content (AvgIpc) is 2.76. The molecule has 0 bridgehead atoms. The summed E-state index contributed by atoms with van der Waals surface area (Å²) in [7, 11) is 0. The van der Waals surface area contributed by atoms with Crippen molar-refractivity contribution in [2.45, 2.75) is 58.3 Å². The molecule has 2 nitrogen and oxygen atoms in total. The Morgan fingerprint density at radius 1 is 1.21 bits per heavy atom. The second-order valence-electron chi connectivity index (χ2n) is 7.53. The first-order valence-corrected chi connectivity index (χ1v) is 8.19. The van der Waals surface area contributed by atoms with Crippen LogP contribution in [0.5, 0.6) is 0 Å². The van der Waals surface area contributed by atoms with Gasteiger partial charge in [-0.05, 0) is 74.0 Å². The molecule has 3 aliphatic rings. The van der Waals surface area contributed by atoms with Gasteiger partial charge < -0.3 is 5.11 Å². The van der Waals surface area contributed by atoms with Gasteiger partial charge in [0.05, 0.1) is 12.0 Å². The minimum atomic E-state index is 0.314. The van der Waals surface area contributed by atoms with Crippen molar-refractivity contribution in [1.82, 2.24) is 0 Å². The van der Waals surface area contributed by atoms with Crippen molar-refractivity contribution < 1.29 is 5.11 Å². The molecule has 6 atom stereocenters. The van der Waals surface area contributed by atoms with Gasteiger partial charge in [0.15, 0.2) is 0 Å². The highest BCUT2D eigenvalue weighted by atomic mass is 16.3. The van der Waals surface area contributed by atoms with Crippen molar-refractivity contribution in [3.8, 4) is 6.07 Å². The van der Waals surface area contributed by atoms with Crippen molar-refractivity contribution in [3.63, 3.8) is 0 Å². The molecule has 0 amide bonds. The van der Waals surface area contributed by atoms with E-state index in [1.54, 1.807) is 0 Å². The molecule has 0 saturated heterocycles. The van der Waals surface area contributed by atoms with Crippen LogP contribution in [-0.4, -0.2) is 11.7 Å². The standard InChI is InChI=1S/C17H27NO/c1-17-8-6-13-10-12(7-9-19)2-4-15(13)16(17)5-3-14(17)11-18/h12-16,19H,2-10H2,1H3/t12?,13?,14-,15?,16?,17?/m1/s1. The van der Waals surface area contributed by atoms with Gasteiger partial charge in [-0.25, -0.2) is 0 Å². The molecule has 3 aliphatic carbocycles. The molecule has 5 unspecified atom stereocenters. The normalized spacial score (nSPS) is 49.2. The summed E-state index contributed by atoms with van der Waals surface area (Å²) in [5.74, 6) is 3.66. The lowest BCUT2D eigenvalue weighted by atomic mass is 9.54. The van der Waals surface area contributed by atoms with Crippen LogP contribution in [0.15, 0.2) is 0 Å². The van der Waals surface area contributed by atoms with Gasteiger partial charge in [0.25, 0.3) is 0 Å². The van der Waals surface area contributed by atoms with Crippen LogP contribution < -0.4 is 0 Å². The third-order valence-electron chi connectivity index (χ3n) is 6.82. The van der Waals surface area contributed by atoms with E-state index in [1.807, 2.05) is 0 Å². The van der Waals surface area contributed by atoms with Gasteiger partial charge >= 0.3 is 0 Å². The Hall–Kier alpha value is -0.550. The molecule has 0 radical (unpaired) electrons. The highest BCUT2D eigenvalue weighted by Crippen LogP contribution is 2.61. The molecule has 19 heavy (non-hydrogen) atoms. The fourth-order valence-corrected chi connectivity index (χ4v) is 5.73. The number of hydrogen-bond donors (Lipinski definition) is 1. The molecular weight excluding hydrogens is 234 g/mol. The smallest absolute Gasteiger partial charge is 0.0661 e. The molecule has 2 heteroatoms. The molecular formula is C17H27NO. The van der Waals surface area contributed by atoms with E-state index in [1.165, 1.54) is 38.5 Å². The first-order valence-electron chi connectivity index (χ1n) is 8.19. The lowest BCUT2D eigenvalue weighted by molar-refractivity contribution is -0.0135. The van der Waals surface area contributed by atoms with E-state index in [-0.39, 0.29) is 0 Å². The lowest BCUT2D eigenvalue weighted by Crippen LogP contribution is -2.43. The number of aliphatic hydroxyl groups excluding tert-OH is 1. The molecule has 0 spiro atoms. The third-order valence-corrected chi connectivity index (χ3v) is 6.82. The number of nitriles is 1. The monoisotopic (exact) mass is 261 g/mol. The highest BCUT2D eigenvalue weighted by molar-refractivity contribution is 5.09. The molecule has 0 aliphatic heterocycles. The summed E-state index contributed by atoms with van der Waals surface area (Å²) in [6.45, 7) is 2.76. The van der Waals surface area contributed by atoms with Crippen LogP contribution in [0, 0.1) is 46.3 Å². The first kappa shape index (κ1) is 13.4. The maximum absolute atomic E-state index is 9.40. The third kappa shape index (κ3) is 2.11. The van der Waals surface area contributed by atoms with E-state index in [0.29, 0.717) is 17.9 Å². The predicted octanol–water partition coefficient (Wildman–Crippen LogP) is 3.75. The van der Waals surface area contributed by atoms with Crippen LogP contribution in [0.25, 0.3) is 0 Å². The molecule has 0 heterocycles. The van der Waals surface area contributed by atoms with Crippen LogP contribution in [0.3, 0.4) is 0 Å². The maximum Gasteiger partial charge on any atom is 0.0661 e. The molecule has 0 aromatic heterocycles. The zero-order valence-corrected chi connectivity index (χ0v) is 12.1. The number of hydrogen-bond acceptors (Lipinski definition) is 2. The second-order valence-corrected chi connectivity index (χ2v) is 7.53. The quantitative estimate of drug-likeness (QED) is 0.822. The van der Waals surface area contributed by atoms with Gasteiger partial charge in [-0.1, -0.05) is 13.3 Å². The molecule has 3 saturated carbocycles. The fraction of sp³-hybridized carbons (Fsp3) is 0.941. The summed E-state index contributed by atoms with van der Waals surface area (Å²) in [4.78, 5) is 0. The van der Waals surface area contributed by atoms with Gasteiger partial charge in [-0.3, -0.25) is 0 Å². The highest BCUT2D eigenvalue weighted by Gasteiger charge is 2.54. The summed E-state index contributed by atoms with van der Waals surface area (Å²) in [5, 5.41) is 18.5. The Bertz CT molecular complexity index is 374. The van der Waals surface area contributed by atoms with E-state index in [2.05, 4.69) is 13.0 Å². The Kier molecular flexibility index (Phi) is 3.60. The number of aliphatic hydroxyl groups is 1. The predicted molar refractivity (Wildman–Crippen MR) is 75.2 cm³/mol. The van der Waals surface area contributed by atoms with E-state index in [0.717, 1.165) is 36.5 Å². The number of nitrogens with zero attached hydrogens (tertiary/aromatic N) is 1. The molecule has 1 N–H and O–H groups in total. The van der Waals surface area contributed by atoms with E-state index in [9.17, 15) is 5.26 Å². The molecule has 106 valence electrons. The Morgan fingerprint density at radius 3 is 2.79 bits per heavy atom. The Balaban J connectivity index is 1.73. The van der Waals surface area contributed by atoms with Gasteiger partial charge in [0.1, 0.15) is 0 Å². The molecule has 0 aromatic rings. The summed E-state index contributed by atoms with van der Waals surface area (Å²) in [6.07, 6.45) is 10.0. The van der Waals surface area contributed by atoms with Gasteiger partial charge in [0.2, 0.25) is 0 Å². The van der Waals surface area contributed by atoms with Crippen molar-refractivity contribution in [3.05, 3.63) is 0 Å². The van der Waals surface area contributed by atoms with Crippen LogP contribution in [0.4, 0.5) is 0 Å². The van der Waals surface area contributed by atoms with E-state index in [4.69, 9.17) is 5.11 Å². The Labute approximate surface area is 117 Å². The largest absolute Gasteiger partial charge is 0.396 e. The number of rotatable bonds is 2. The van der Waals surface area contributed by atoms with Gasteiger partial charge in [0, 0.05) is 6.61 Å². The van der Waals surface area contributed by atoms with Crippen molar-refractivity contribution in [2.24, 2.45) is 35.0 Å². The zero-order valence-electron chi connectivity index (χ0n) is 12.1. The minimum absolute atomic E-state index is 0.314. The average molecular weight is 261 g/mol. The van der Waals surface area contributed by atoms with Gasteiger partial charge in [-0.2, -0.15) is 5.26 Å². The second kappa shape index (κ2) is 5.09. The topological polar surface area (TPSA) is 44.0 Å². The maximum atomic E-state index is 9.40. The minimum Gasteiger partial charge on any atom is -0.396 e. The lowest BCUT2D eigenvalue weighted by Gasteiger charge is -2.51. The summed E-state index contributed by atoms with van der Waals surface area (Å²) in [5.41, 5.74) is 0.319. The van der Waals surface area contributed by atoms with Crippen molar-refractivity contribution in [2.75, 3.05) is 6.61 Å².